The molecule has 1 atom stereocenters. The Hall–Kier alpha value is -1.17. The molecular formula is C12H14ClN3OS. The number of benzene rings is 1. The minimum absolute atomic E-state index is 0. The van der Waals surface area contributed by atoms with Gasteiger partial charge in [0.1, 0.15) is 0 Å². The Morgan fingerprint density at radius 1 is 1.44 bits per heavy atom. The topological polar surface area (TPSA) is 54.0 Å². The molecule has 0 unspecified atom stereocenters. The highest BCUT2D eigenvalue weighted by molar-refractivity contribution is 7.22. The fraction of sp³-hybridized carbons (Fsp3) is 0.333. The third-order valence-corrected chi connectivity index (χ3v) is 3.85. The van der Waals surface area contributed by atoms with Crippen molar-refractivity contribution >= 4 is 45.0 Å². The van der Waals surface area contributed by atoms with Crippen molar-refractivity contribution in [2.75, 3.05) is 11.9 Å². The highest BCUT2D eigenvalue weighted by Crippen LogP contribution is 2.25. The van der Waals surface area contributed by atoms with Gasteiger partial charge in [-0.25, -0.2) is 4.98 Å². The summed E-state index contributed by atoms with van der Waals surface area (Å²) in [6.45, 7) is 0.929. The zero-order valence-corrected chi connectivity index (χ0v) is 11.3. The number of halogens is 1. The summed E-state index contributed by atoms with van der Waals surface area (Å²) in [6.07, 6.45) is 1.98. The summed E-state index contributed by atoms with van der Waals surface area (Å²) < 4.78 is 1.10. The zero-order chi connectivity index (χ0) is 11.7. The number of hydrogen-bond acceptors (Lipinski definition) is 4. The molecule has 2 aromatic rings. The van der Waals surface area contributed by atoms with E-state index in [0.717, 1.165) is 29.6 Å². The minimum Gasteiger partial charge on any atom is -0.306 e. The quantitative estimate of drug-likeness (QED) is 0.890. The summed E-state index contributed by atoms with van der Waals surface area (Å²) in [7, 11) is 0. The summed E-state index contributed by atoms with van der Waals surface area (Å²) in [5.41, 5.74) is 0.937. The molecule has 1 aromatic heterocycles. The predicted molar refractivity (Wildman–Crippen MR) is 76.5 cm³/mol. The van der Waals surface area contributed by atoms with Crippen molar-refractivity contribution < 1.29 is 4.79 Å². The van der Waals surface area contributed by atoms with E-state index in [1.165, 1.54) is 11.3 Å². The zero-order valence-electron chi connectivity index (χ0n) is 9.68. The maximum absolute atomic E-state index is 11.9. The Morgan fingerprint density at radius 2 is 2.28 bits per heavy atom. The number of anilines is 1. The van der Waals surface area contributed by atoms with Crippen LogP contribution in [0.1, 0.15) is 12.8 Å². The fourth-order valence-corrected chi connectivity index (χ4v) is 2.90. The van der Waals surface area contributed by atoms with Crippen molar-refractivity contribution in [2.24, 2.45) is 0 Å². The Balaban J connectivity index is 0.00000120. The number of amides is 1. The van der Waals surface area contributed by atoms with Crippen LogP contribution in [-0.4, -0.2) is 23.5 Å². The standard InChI is InChI=1S/C12H13N3OS.ClH/c16-11(9-5-3-7-13-9)15-12-14-8-4-1-2-6-10(8)17-12;/h1-2,4,6,9,13H,3,5,7H2,(H,14,15,16);1H/t9-;/m0./s1. The smallest absolute Gasteiger partial charge is 0.243 e. The number of nitrogens with one attached hydrogen (secondary N) is 2. The molecule has 1 aromatic carbocycles. The number of thiazole rings is 1. The molecule has 0 bridgehead atoms. The number of hydrogen-bond donors (Lipinski definition) is 2. The first kappa shape index (κ1) is 13.3. The second kappa shape index (κ2) is 5.65. The first-order valence-corrected chi connectivity index (χ1v) is 6.54. The van der Waals surface area contributed by atoms with Gasteiger partial charge in [0.15, 0.2) is 5.13 Å². The molecule has 0 spiro atoms. The SMILES string of the molecule is Cl.O=C(Nc1nc2ccccc2s1)[C@@H]1CCCN1. The molecular weight excluding hydrogens is 270 g/mol. The van der Waals surface area contributed by atoms with Crippen molar-refractivity contribution in [1.29, 1.82) is 0 Å². The molecule has 0 saturated carbocycles. The van der Waals surface area contributed by atoms with Crippen LogP contribution in [0, 0.1) is 0 Å². The Labute approximate surface area is 115 Å². The van der Waals surface area contributed by atoms with Crippen LogP contribution >= 0.6 is 23.7 Å². The lowest BCUT2D eigenvalue weighted by Crippen LogP contribution is -2.35. The van der Waals surface area contributed by atoms with Gasteiger partial charge in [-0.05, 0) is 31.5 Å². The van der Waals surface area contributed by atoms with Gasteiger partial charge >= 0.3 is 0 Å². The van der Waals surface area contributed by atoms with Gasteiger partial charge in [0.25, 0.3) is 0 Å². The second-order valence-electron chi connectivity index (χ2n) is 4.12. The van der Waals surface area contributed by atoms with E-state index in [1.807, 2.05) is 24.3 Å². The average molecular weight is 284 g/mol. The molecule has 1 aliphatic rings. The van der Waals surface area contributed by atoms with Gasteiger partial charge in [0.05, 0.1) is 16.3 Å². The minimum atomic E-state index is -0.0537. The molecule has 18 heavy (non-hydrogen) atoms. The molecule has 4 nitrogen and oxygen atoms in total. The van der Waals surface area contributed by atoms with Crippen molar-refractivity contribution in [3.05, 3.63) is 24.3 Å². The number of carbonyl (C=O) groups excluding carboxylic acids is 1. The average Bonchev–Trinajstić information content (AvgIpc) is 2.97. The monoisotopic (exact) mass is 283 g/mol. The Morgan fingerprint density at radius 3 is 3.00 bits per heavy atom. The Bertz CT molecular complexity index is 518. The summed E-state index contributed by atoms with van der Waals surface area (Å²) in [4.78, 5) is 16.3. The van der Waals surface area contributed by atoms with Gasteiger partial charge in [0.2, 0.25) is 5.91 Å². The molecule has 0 radical (unpaired) electrons. The van der Waals surface area contributed by atoms with E-state index >= 15 is 0 Å². The molecule has 96 valence electrons. The first-order valence-electron chi connectivity index (χ1n) is 5.73. The number of para-hydroxylation sites is 1. The lowest BCUT2D eigenvalue weighted by molar-refractivity contribution is -0.117. The van der Waals surface area contributed by atoms with Gasteiger partial charge in [-0.1, -0.05) is 23.5 Å². The molecule has 1 saturated heterocycles. The van der Waals surface area contributed by atoms with E-state index in [1.54, 1.807) is 0 Å². The molecule has 2 heterocycles. The van der Waals surface area contributed by atoms with Crippen molar-refractivity contribution in [3.8, 4) is 0 Å². The number of aromatic nitrogens is 1. The first-order chi connectivity index (χ1) is 8.33. The summed E-state index contributed by atoms with van der Waals surface area (Å²) in [5.74, 6) is 0.0292. The van der Waals surface area contributed by atoms with E-state index in [0.29, 0.717) is 5.13 Å². The van der Waals surface area contributed by atoms with E-state index in [9.17, 15) is 4.79 Å². The summed E-state index contributed by atoms with van der Waals surface area (Å²) >= 11 is 1.51. The van der Waals surface area contributed by atoms with Crippen LogP contribution in [0.15, 0.2) is 24.3 Å². The highest BCUT2D eigenvalue weighted by atomic mass is 35.5. The molecule has 1 fully saturated rings. The number of carbonyl (C=O) groups is 1. The number of nitrogens with zero attached hydrogens (tertiary/aromatic N) is 1. The summed E-state index contributed by atoms with van der Waals surface area (Å²) in [6, 6.07) is 7.84. The van der Waals surface area contributed by atoms with Gasteiger partial charge < -0.3 is 10.6 Å². The number of rotatable bonds is 2. The Kier molecular flexibility index (Phi) is 4.16. The van der Waals surface area contributed by atoms with Crippen molar-refractivity contribution in [2.45, 2.75) is 18.9 Å². The largest absolute Gasteiger partial charge is 0.306 e. The second-order valence-corrected chi connectivity index (χ2v) is 5.16. The van der Waals surface area contributed by atoms with Gasteiger partial charge in [-0.3, -0.25) is 4.79 Å². The van der Waals surface area contributed by atoms with Crippen LogP contribution in [0.2, 0.25) is 0 Å². The van der Waals surface area contributed by atoms with E-state index in [2.05, 4.69) is 15.6 Å². The van der Waals surface area contributed by atoms with Crippen LogP contribution in [0.4, 0.5) is 5.13 Å². The van der Waals surface area contributed by atoms with Crippen LogP contribution < -0.4 is 10.6 Å². The number of fused-ring (bicyclic) bond motifs is 1. The highest BCUT2D eigenvalue weighted by Gasteiger charge is 2.22. The third kappa shape index (κ3) is 2.63. The van der Waals surface area contributed by atoms with Crippen LogP contribution in [0.3, 0.4) is 0 Å². The van der Waals surface area contributed by atoms with Crippen LogP contribution in [-0.2, 0) is 4.79 Å². The van der Waals surface area contributed by atoms with Crippen LogP contribution in [0.5, 0.6) is 0 Å². The van der Waals surface area contributed by atoms with Gasteiger partial charge in [-0.2, -0.15) is 0 Å². The molecule has 1 aliphatic heterocycles. The normalized spacial score (nSPS) is 18.6. The van der Waals surface area contributed by atoms with E-state index in [-0.39, 0.29) is 24.4 Å². The van der Waals surface area contributed by atoms with Gasteiger partial charge in [-0.15, -0.1) is 12.4 Å². The molecule has 2 N–H and O–H groups in total. The third-order valence-electron chi connectivity index (χ3n) is 2.90. The van der Waals surface area contributed by atoms with E-state index in [4.69, 9.17) is 0 Å². The lowest BCUT2D eigenvalue weighted by atomic mass is 10.2. The van der Waals surface area contributed by atoms with Crippen molar-refractivity contribution in [1.82, 2.24) is 10.3 Å². The van der Waals surface area contributed by atoms with E-state index < -0.39 is 0 Å². The molecule has 0 aliphatic carbocycles. The van der Waals surface area contributed by atoms with Crippen LogP contribution in [0.25, 0.3) is 10.2 Å². The van der Waals surface area contributed by atoms with Crippen molar-refractivity contribution in [3.63, 3.8) is 0 Å². The molecule has 6 heteroatoms. The van der Waals surface area contributed by atoms with Gasteiger partial charge in [0, 0.05) is 0 Å². The molecule has 3 rings (SSSR count). The predicted octanol–water partition coefficient (Wildman–Crippen LogP) is 2.41. The molecule has 1 amide bonds. The maximum atomic E-state index is 11.9. The summed E-state index contributed by atoms with van der Waals surface area (Å²) in [5, 5.41) is 6.74. The maximum Gasteiger partial charge on any atom is 0.243 e. The lowest BCUT2D eigenvalue weighted by Gasteiger charge is -2.08. The fourth-order valence-electron chi connectivity index (χ4n) is 2.03.